The zero-order valence-electron chi connectivity index (χ0n) is 7.56. The number of hydrogen-bond acceptors (Lipinski definition) is 0. The first kappa shape index (κ1) is 15.1. The maximum atomic E-state index is 12.5. The van der Waals surface area contributed by atoms with Crippen LogP contribution >= 0.6 is 0 Å². The van der Waals surface area contributed by atoms with Crippen LogP contribution in [0.25, 0.3) is 0 Å². The Morgan fingerprint density at radius 2 is 1.44 bits per heavy atom. The standard InChI is InChI=1S/C7H5F9/c1-3(9)5(11,12)7(15,16)6(13,14)4(10)2-8/h2-3H,1H3. The zero-order chi connectivity index (χ0) is 13.4. The third-order valence-electron chi connectivity index (χ3n) is 1.71. The Morgan fingerprint density at radius 1 is 1.06 bits per heavy atom. The largest absolute Gasteiger partial charge is 0.381 e. The van der Waals surface area contributed by atoms with Crippen LogP contribution in [0.3, 0.4) is 0 Å². The summed E-state index contributed by atoms with van der Waals surface area (Å²) >= 11 is 0. The van der Waals surface area contributed by atoms with Crippen molar-refractivity contribution >= 4 is 0 Å². The van der Waals surface area contributed by atoms with Gasteiger partial charge in [0.25, 0.3) is 0 Å². The molecule has 0 rings (SSSR count). The van der Waals surface area contributed by atoms with E-state index in [0.717, 1.165) is 0 Å². The summed E-state index contributed by atoms with van der Waals surface area (Å²) in [5.41, 5.74) is 0. The van der Waals surface area contributed by atoms with Crippen molar-refractivity contribution in [3.8, 4) is 0 Å². The summed E-state index contributed by atoms with van der Waals surface area (Å²) in [7, 11) is 0. The minimum absolute atomic E-state index is 0.110. The molecule has 0 aromatic carbocycles. The molecule has 0 N–H and O–H groups in total. The lowest BCUT2D eigenvalue weighted by molar-refractivity contribution is -0.315. The molecule has 0 aliphatic carbocycles. The van der Waals surface area contributed by atoms with E-state index in [9.17, 15) is 39.5 Å². The highest BCUT2D eigenvalue weighted by atomic mass is 19.4. The molecule has 0 nitrogen and oxygen atoms in total. The molecule has 0 saturated heterocycles. The second-order valence-electron chi connectivity index (χ2n) is 2.84. The van der Waals surface area contributed by atoms with Gasteiger partial charge in [-0.3, -0.25) is 0 Å². The minimum atomic E-state index is -6.39. The van der Waals surface area contributed by atoms with E-state index in [1.165, 1.54) is 0 Å². The molecule has 16 heavy (non-hydrogen) atoms. The third kappa shape index (κ3) is 1.99. The van der Waals surface area contributed by atoms with E-state index in [-0.39, 0.29) is 6.92 Å². The number of halogens is 9. The summed E-state index contributed by atoms with van der Waals surface area (Å²) < 4.78 is 110. The summed E-state index contributed by atoms with van der Waals surface area (Å²) in [6.07, 6.45) is -5.26. The van der Waals surface area contributed by atoms with E-state index in [0.29, 0.717) is 0 Å². The van der Waals surface area contributed by atoms with E-state index in [4.69, 9.17) is 0 Å². The molecule has 96 valence electrons. The molecule has 0 fully saturated rings. The van der Waals surface area contributed by atoms with Crippen LogP contribution in [-0.2, 0) is 0 Å². The van der Waals surface area contributed by atoms with Crippen LogP contribution < -0.4 is 0 Å². The van der Waals surface area contributed by atoms with Gasteiger partial charge in [0.2, 0.25) is 5.83 Å². The van der Waals surface area contributed by atoms with E-state index in [1.807, 2.05) is 0 Å². The average molecular weight is 260 g/mol. The highest BCUT2D eigenvalue weighted by molar-refractivity contribution is 5.13. The van der Waals surface area contributed by atoms with Crippen LogP contribution in [0, 0.1) is 0 Å². The first-order valence-corrected chi connectivity index (χ1v) is 3.66. The lowest BCUT2D eigenvalue weighted by Gasteiger charge is -2.32. The highest BCUT2D eigenvalue weighted by Crippen LogP contribution is 2.51. The molecule has 0 heterocycles. The van der Waals surface area contributed by atoms with Gasteiger partial charge in [-0.2, -0.15) is 26.3 Å². The molecule has 1 unspecified atom stereocenters. The Balaban J connectivity index is 5.52. The number of rotatable bonds is 4. The first-order valence-electron chi connectivity index (χ1n) is 3.66. The molecule has 0 saturated carbocycles. The predicted molar refractivity (Wildman–Crippen MR) is 35.7 cm³/mol. The Bertz CT molecular complexity index is 278. The highest BCUT2D eigenvalue weighted by Gasteiger charge is 2.75. The van der Waals surface area contributed by atoms with Gasteiger partial charge in [0.15, 0.2) is 6.17 Å². The van der Waals surface area contributed by atoms with Crippen LogP contribution in [0.5, 0.6) is 0 Å². The molecule has 9 heteroatoms. The average Bonchev–Trinajstić information content (AvgIpc) is 2.15. The maximum absolute atomic E-state index is 12.5. The van der Waals surface area contributed by atoms with Crippen molar-refractivity contribution < 1.29 is 39.5 Å². The fourth-order valence-electron chi connectivity index (χ4n) is 0.678. The SMILES string of the molecule is CC(F)C(F)(F)C(F)(F)C(F)(F)C(F)=CF. The summed E-state index contributed by atoms with van der Waals surface area (Å²) in [5, 5.41) is 0. The lowest BCUT2D eigenvalue weighted by Crippen LogP contribution is -2.58. The number of hydrogen-bond donors (Lipinski definition) is 0. The first-order chi connectivity index (χ1) is 6.92. The monoisotopic (exact) mass is 260 g/mol. The normalized spacial score (nSPS) is 17.5. The molecule has 0 aliphatic heterocycles. The number of allylic oxidation sites excluding steroid dienone is 1. The second-order valence-corrected chi connectivity index (χ2v) is 2.84. The molecular formula is C7H5F9. The minimum Gasteiger partial charge on any atom is -0.241 e. The Hall–Kier alpha value is -0.890. The molecule has 0 aromatic rings. The van der Waals surface area contributed by atoms with Crippen molar-refractivity contribution in [2.45, 2.75) is 30.9 Å². The van der Waals surface area contributed by atoms with Crippen molar-refractivity contribution in [2.24, 2.45) is 0 Å². The molecule has 0 amide bonds. The summed E-state index contributed by atoms with van der Waals surface area (Å²) in [5.74, 6) is -21.8. The molecule has 0 aromatic heterocycles. The van der Waals surface area contributed by atoms with Crippen LogP contribution in [0.4, 0.5) is 39.5 Å². The van der Waals surface area contributed by atoms with E-state index < -0.39 is 36.1 Å². The Kier molecular flexibility index (Phi) is 3.94. The zero-order valence-corrected chi connectivity index (χ0v) is 7.56. The third-order valence-corrected chi connectivity index (χ3v) is 1.71. The topological polar surface area (TPSA) is 0 Å². The molecule has 1 atom stereocenters. The quantitative estimate of drug-likeness (QED) is 0.669. The van der Waals surface area contributed by atoms with Crippen molar-refractivity contribution in [3.63, 3.8) is 0 Å². The van der Waals surface area contributed by atoms with Crippen LogP contribution in [0.15, 0.2) is 12.2 Å². The maximum Gasteiger partial charge on any atom is 0.381 e. The molecule has 0 bridgehead atoms. The van der Waals surface area contributed by atoms with Gasteiger partial charge in [-0.25, -0.2) is 13.2 Å². The van der Waals surface area contributed by atoms with E-state index in [2.05, 4.69) is 0 Å². The second kappa shape index (κ2) is 4.17. The molecule has 0 radical (unpaired) electrons. The van der Waals surface area contributed by atoms with Gasteiger partial charge in [-0.05, 0) is 6.92 Å². The number of alkyl halides is 7. The van der Waals surface area contributed by atoms with Gasteiger partial charge >= 0.3 is 17.8 Å². The molecule has 0 aliphatic rings. The van der Waals surface area contributed by atoms with Gasteiger partial charge < -0.3 is 0 Å². The van der Waals surface area contributed by atoms with Crippen molar-refractivity contribution in [3.05, 3.63) is 12.2 Å². The summed E-state index contributed by atoms with van der Waals surface area (Å²) in [6, 6.07) is 0. The van der Waals surface area contributed by atoms with Crippen molar-refractivity contribution in [1.29, 1.82) is 0 Å². The predicted octanol–water partition coefficient (Wildman–Crippen LogP) is 4.03. The Morgan fingerprint density at radius 3 is 1.69 bits per heavy atom. The smallest absolute Gasteiger partial charge is 0.241 e. The van der Waals surface area contributed by atoms with E-state index >= 15 is 0 Å². The van der Waals surface area contributed by atoms with E-state index in [1.54, 1.807) is 0 Å². The molecule has 0 spiro atoms. The van der Waals surface area contributed by atoms with Gasteiger partial charge in [-0.1, -0.05) is 0 Å². The lowest BCUT2D eigenvalue weighted by atomic mass is 10.0. The van der Waals surface area contributed by atoms with Gasteiger partial charge in [0, 0.05) is 0 Å². The van der Waals surface area contributed by atoms with Crippen molar-refractivity contribution in [2.75, 3.05) is 0 Å². The van der Waals surface area contributed by atoms with Crippen LogP contribution in [0.1, 0.15) is 6.92 Å². The Labute approximate surface area is 83.7 Å². The van der Waals surface area contributed by atoms with Gasteiger partial charge in [0.05, 0.1) is 0 Å². The fraction of sp³-hybridized carbons (Fsp3) is 0.714. The summed E-state index contributed by atoms with van der Waals surface area (Å²) in [4.78, 5) is 0. The van der Waals surface area contributed by atoms with Crippen molar-refractivity contribution in [1.82, 2.24) is 0 Å². The summed E-state index contributed by atoms with van der Waals surface area (Å²) in [6.45, 7) is -0.110. The van der Waals surface area contributed by atoms with Gasteiger partial charge in [0.1, 0.15) is 6.33 Å². The van der Waals surface area contributed by atoms with Crippen LogP contribution in [0.2, 0.25) is 0 Å². The molecular weight excluding hydrogens is 255 g/mol. The van der Waals surface area contributed by atoms with Crippen LogP contribution in [-0.4, -0.2) is 23.9 Å². The van der Waals surface area contributed by atoms with Gasteiger partial charge in [-0.15, -0.1) is 0 Å². The fourth-order valence-corrected chi connectivity index (χ4v) is 0.678.